The first kappa shape index (κ1) is 9.12. The molecule has 1 heterocycles. The smallest absolute Gasteiger partial charge is 0.306 e. The van der Waals surface area contributed by atoms with Crippen LogP contribution in [0.3, 0.4) is 0 Å². The number of hydrogen-bond donors (Lipinski definition) is 2. The molecule has 0 bridgehead atoms. The van der Waals surface area contributed by atoms with E-state index < -0.39 is 0 Å². The van der Waals surface area contributed by atoms with Gasteiger partial charge in [0.05, 0.1) is 25.6 Å². The number of hydrogen-bond acceptors (Lipinski definition) is 1. The summed E-state index contributed by atoms with van der Waals surface area (Å²) in [4.78, 5) is 16.1. The molecular weight excluding hydrogens is 279 g/mol. The third-order valence-corrected chi connectivity index (χ3v) is 3.46. The van der Waals surface area contributed by atoms with Crippen molar-refractivity contribution in [2.24, 2.45) is 0 Å². The predicted octanol–water partition coefficient (Wildman–Crippen LogP) is 2.93. The first-order chi connectivity index (χ1) is 6.09. The van der Waals surface area contributed by atoms with Gasteiger partial charge < -0.3 is 9.97 Å². The average molecular weight is 282 g/mol. The Hall–Kier alpha value is -0.450. The van der Waals surface area contributed by atoms with Crippen LogP contribution in [0.2, 0.25) is 10.0 Å². The number of aromatic amines is 2. The number of rotatable bonds is 0. The molecule has 13 heavy (non-hydrogen) atoms. The van der Waals surface area contributed by atoms with Gasteiger partial charge in [0, 0.05) is 0 Å². The minimum atomic E-state index is -0.283. The molecule has 0 atom stereocenters. The van der Waals surface area contributed by atoms with Crippen LogP contribution in [0.1, 0.15) is 0 Å². The maximum absolute atomic E-state index is 10.9. The first-order valence-electron chi connectivity index (χ1n) is 3.35. The summed E-state index contributed by atoms with van der Waals surface area (Å²) >= 11 is 14.9. The van der Waals surface area contributed by atoms with Gasteiger partial charge in [-0.1, -0.05) is 23.2 Å². The topological polar surface area (TPSA) is 48.6 Å². The quantitative estimate of drug-likeness (QED) is 0.717. The number of nitrogens with one attached hydrogen (secondary N) is 2. The summed E-state index contributed by atoms with van der Waals surface area (Å²) in [5, 5.41) is 0.792. The molecule has 0 fully saturated rings. The van der Waals surface area contributed by atoms with E-state index in [1.165, 1.54) is 0 Å². The van der Waals surface area contributed by atoms with Gasteiger partial charge in [-0.2, -0.15) is 0 Å². The highest BCUT2D eigenvalue weighted by atomic mass is 79.9. The van der Waals surface area contributed by atoms with Crippen molar-refractivity contribution in [2.75, 3.05) is 0 Å². The Balaban J connectivity index is 3.00. The van der Waals surface area contributed by atoms with Gasteiger partial charge in [-0.05, 0) is 22.0 Å². The molecule has 0 amide bonds. The maximum atomic E-state index is 10.9. The zero-order chi connectivity index (χ0) is 9.59. The summed E-state index contributed by atoms with van der Waals surface area (Å²) in [6.45, 7) is 0. The lowest BCUT2D eigenvalue weighted by molar-refractivity contribution is 1.21. The van der Waals surface area contributed by atoms with Crippen molar-refractivity contribution in [1.29, 1.82) is 0 Å². The fourth-order valence-electron chi connectivity index (χ4n) is 1.08. The van der Waals surface area contributed by atoms with E-state index in [-0.39, 0.29) is 5.69 Å². The summed E-state index contributed by atoms with van der Waals surface area (Å²) in [6, 6.07) is 1.60. The maximum Gasteiger partial charge on any atom is 0.323 e. The Kier molecular flexibility index (Phi) is 2.14. The normalized spacial score (nSPS) is 11.0. The number of H-pyrrole nitrogens is 2. The van der Waals surface area contributed by atoms with Crippen LogP contribution >= 0.6 is 39.1 Å². The molecule has 2 N–H and O–H groups in total. The van der Waals surface area contributed by atoms with Crippen LogP contribution in [-0.2, 0) is 0 Å². The molecule has 2 aromatic rings. The molecule has 0 saturated carbocycles. The summed E-state index contributed by atoms with van der Waals surface area (Å²) in [5.41, 5.74) is 0.972. The molecule has 0 aliphatic heterocycles. The molecule has 0 radical (unpaired) electrons. The van der Waals surface area contributed by atoms with Crippen LogP contribution in [0.4, 0.5) is 0 Å². The van der Waals surface area contributed by atoms with Crippen molar-refractivity contribution in [2.45, 2.75) is 0 Å². The monoisotopic (exact) mass is 280 g/mol. The van der Waals surface area contributed by atoms with Gasteiger partial charge in [-0.15, -0.1) is 0 Å². The standard InChI is InChI=1S/C7H3BrCl2N2O/c8-4-5(10)2(9)1-3-6(4)12-7(13)11-3/h1H,(H2,11,12,13). The van der Waals surface area contributed by atoms with Crippen molar-refractivity contribution >= 4 is 50.2 Å². The number of fused-ring (bicyclic) bond motifs is 1. The van der Waals surface area contributed by atoms with Gasteiger partial charge in [0.25, 0.3) is 0 Å². The van der Waals surface area contributed by atoms with Gasteiger partial charge in [-0.25, -0.2) is 4.79 Å². The lowest BCUT2D eigenvalue weighted by Gasteiger charge is -1.99. The molecule has 1 aromatic carbocycles. The fraction of sp³-hybridized carbons (Fsp3) is 0. The number of benzene rings is 1. The van der Waals surface area contributed by atoms with Crippen molar-refractivity contribution in [1.82, 2.24) is 9.97 Å². The van der Waals surface area contributed by atoms with Crippen molar-refractivity contribution in [3.05, 3.63) is 31.1 Å². The summed E-state index contributed by atoms with van der Waals surface area (Å²) in [5.74, 6) is 0. The van der Waals surface area contributed by atoms with E-state index in [2.05, 4.69) is 25.9 Å². The molecular formula is C7H3BrCl2N2O. The predicted molar refractivity (Wildman–Crippen MR) is 56.6 cm³/mol. The van der Waals surface area contributed by atoms with Crippen LogP contribution in [0.5, 0.6) is 0 Å². The SMILES string of the molecule is O=c1[nH]c2cc(Cl)c(Cl)c(Br)c2[nH]1. The van der Waals surface area contributed by atoms with E-state index in [0.717, 1.165) is 0 Å². The second kappa shape index (κ2) is 3.04. The molecule has 3 nitrogen and oxygen atoms in total. The van der Waals surface area contributed by atoms with E-state index >= 15 is 0 Å². The second-order valence-electron chi connectivity index (χ2n) is 2.49. The zero-order valence-electron chi connectivity index (χ0n) is 6.12. The Morgan fingerprint density at radius 1 is 1.31 bits per heavy atom. The third kappa shape index (κ3) is 1.39. The molecule has 0 unspecified atom stereocenters. The minimum Gasteiger partial charge on any atom is -0.306 e. The highest BCUT2D eigenvalue weighted by Crippen LogP contribution is 2.34. The Morgan fingerprint density at radius 2 is 2.00 bits per heavy atom. The molecule has 2 rings (SSSR count). The fourth-order valence-corrected chi connectivity index (χ4v) is 2.08. The van der Waals surface area contributed by atoms with Gasteiger partial charge >= 0.3 is 5.69 Å². The molecule has 0 aliphatic rings. The second-order valence-corrected chi connectivity index (χ2v) is 4.07. The lowest BCUT2D eigenvalue weighted by Crippen LogP contribution is -1.99. The Bertz CT molecular complexity index is 531. The van der Waals surface area contributed by atoms with Gasteiger partial charge in [0.1, 0.15) is 0 Å². The van der Waals surface area contributed by atoms with E-state index in [9.17, 15) is 4.79 Å². The van der Waals surface area contributed by atoms with Crippen LogP contribution in [-0.4, -0.2) is 9.97 Å². The molecule has 0 aliphatic carbocycles. The van der Waals surface area contributed by atoms with Gasteiger partial charge in [0.15, 0.2) is 0 Å². The molecule has 68 valence electrons. The molecule has 0 saturated heterocycles. The van der Waals surface area contributed by atoms with Crippen LogP contribution in [0.25, 0.3) is 11.0 Å². The highest BCUT2D eigenvalue weighted by Gasteiger charge is 2.10. The highest BCUT2D eigenvalue weighted by molar-refractivity contribution is 9.10. The van der Waals surface area contributed by atoms with Crippen molar-refractivity contribution < 1.29 is 0 Å². The summed E-state index contributed by atoms with van der Waals surface area (Å²) in [6.07, 6.45) is 0. The molecule has 0 spiro atoms. The molecule has 1 aromatic heterocycles. The number of halogens is 3. The summed E-state index contributed by atoms with van der Waals surface area (Å²) in [7, 11) is 0. The van der Waals surface area contributed by atoms with Gasteiger partial charge in [0.2, 0.25) is 0 Å². The minimum absolute atomic E-state index is 0.283. The largest absolute Gasteiger partial charge is 0.323 e. The molecule has 6 heteroatoms. The van der Waals surface area contributed by atoms with E-state index in [1.54, 1.807) is 6.07 Å². The van der Waals surface area contributed by atoms with Crippen LogP contribution in [0.15, 0.2) is 15.3 Å². The third-order valence-electron chi connectivity index (χ3n) is 1.65. The van der Waals surface area contributed by atoms with Crippen LogP contribution < -0.4 is 5.69 Å². The Morgan fingerprint density at radius 3 is 2.69 bits per heavy atom. The summed E-state index contributed by atoms with van der Waals surface area (Å²) < 4.78 is 0.593. The van der Waals surface area contributed by atoms with Crippen LogP contribution in [0, 0.1) is 0 Å². The number of aromatic nitrogens is 2. The number of imidazole rings is 1. The van der Waals surface area contributed by atoms with Crippen molar-refractivity contribution in [3.63, 3.8) is 0 Å². The van der Waals surface area contributed by atoms with Crippen molar-refractivity contribution in [3.8, 4) is 0 Å². The van der Waals surface area contributed by atoms with E-state index in [0.29, 0.717) is 25.6 Å². The lowest BCUT2D eigenvalue weighted by atomic mass is 10.3. The average Bonchev–Trinajstić information content (AvgIpc) is 2.42. The Labute approximate surface area is 91.2 Å². The van der Waals surface area contributed by atoms with Gasteiger partial charge in [-0.3, -0.25) is 0 Å². The van der Waals surface area contributed by atoms with E-state index in [1.807, 2.05) is 0 Å². The van der Waals surface area contributed by atoms with E-state index in [4.69, 9.17) is 23.2 Å². The zero-order valence-corrected chi connectivity index (χ0v) is 9.22. The first-order valence-corrected chi connectivity index (χ1v) is 4.90.